The highest BCUT2D eigenvalue weighted by Gasteiger charge is 2.28. The number of hydrogen-bond donors (Lipinski definition) is 1. The molecular formula is C17H23N5O2. The lowest BCUT2D eigenvalue weighted by atomic mass is 9.92. The molecule has 24 heavy (non-hydrogen) atoms. The van der Waals surface area contributed by atoms with Gasteiger partial charge in [-0.1, -0.05) is 5.16 Å². The third kappa shape index (κ3) is 2.96. The Hall–Kier alpha value is -2.15. The largest absolute Gasteiger partial charge is 0.361 e. The molecule has 1 aliphatic heterocycles. The number of hydrogen-bond acceptors (Lipinski definition) is 5. The monoisotopic (exact) mass is 329 g/mol. The summed E-state index contributed by atoms with van der Waals surface area (Å²) in [6.45, 7) is 3.14. The number of carbonyl (C=O) groups is 1. The predicted octanol–water partition coefficient (Wildman–Crippen LogP) is 1.29. The molecule has 0 spiro atoms. The van der Waals surface area contributed by atoms with Gasteiger partial charge < -0.3 is 9.84 Å². The van der Waals surface area contributed by atoms with Crippen molar-refractivity contribution in [3.05, 3.63) is 35.0 Å². The number of fused-ring (bicyclic) bond motifs is 1. The van der Waals surface area contributed by atoms with Gasteiger partial charge in [0.2, 0.25) is 0 Å². The van der Waals surface area contributed by atoms with Gasteiger partial charge in [-0.05, 0) is 44.8 Å². The molecular weight excluding hydrogens is 306 g/mol. The van der Waals surface area contributed by atoms with Crippen LogP contribution in [0.25, 0.3) is 0 Å². The molecule has 3 heterocycles. The molecule has 0 saturated carbocycles. The second kappa shape index (κ2) is 6.39. The minimum absolute atomic E-state index is 0.0685. The van der Waals surface area contributed by atoms with Crippen LogP contribution in [-0.4, -0.2) is 44.9 Å². The normalized spacial score (nSPS) is 21.0. The Labute approximate surface area is 141 Å². The van der Waals surface area contributed by atoms with Crippen molar-refractivity contribution in [3.8, 4) is 0 Å². The van der Waals surface area contributed by atoms with Crippen molar-refractivity contribution < 1.29 is 9.32 Å². The van der Waals surface area contributed by atoms with Gasteiger partial charge in [0.15, 0.2) is 0 Å². The number of carbonyl (C=O) groups excluding carboxylic acids is 1. The Bertz CT molecular complexity index is 729. The molecule has 2 aromatic heterocycles. The van der Waals surface area contributed by atoms with E-state index < -0.39 is 0 Å². The summed E-state index contributed by atoms with van der Waals surface area (Å²) >= 11 is 0. The molecule has 0 aromatic carbocycles. The lowest BCUT2D eigenvalue weighted by Crippen LogP contribution is -2.39. The van der Waals surface area contributed by atoms with Crippen LogP contribution >= 0.6 is 0 Å². The number of aromatic nitrogens is 3. The lowest BCUT2D eigenvalue weighted by molar-refractivity contribution is 0.0923. The summed E-state index contributed by atoms with van der Waals surface area (Å²) in [6, 6.07) is 1.86. The molecule has 1 saturated heterocycles. The molecule has 1 amide bonds. The van der Waals surface area contributed by atoms with E-state index in [-0.39, 0.29) is 11.9 Å². The van der Waals surface area contributed by atoms with Crippen LogP contribution in [0.5, 0.6) is 0 Å². The predicted molar refractivity (Wildman–Crippen MR) is 87.5 cm³/mol. The van der Waals surface area contributed by atoms with Gasteiger partial charge in [0, 0.05) is 37.8 Å². The molecule has 2 aliphatic rings. The highest BCUT2D eigenvalue weighted by Crippen LogP contribution is 2.26. The van der Waals surface area contributed by atoms with E-state index >= 15 is 0 Å². The highest BCUT2D eigenvalue weighted by molar-refractivity contribution is 5.92. The number of rotatable bonds is 4. The quantitative estimate of drug-likeness (QED) is 0.915. The van der Waals surface area contributed by atoms with Crippen LogP contribution < -0.4 is 5.32 Å². The topological polar surface area (TPSA) is 76.2 Å². The van der Waals surface area contributed by atoms with Crippen molar-refractivity contribution >= 4 is 5.91 Å². The van der Waals surface area contributed by atoms with Crippen molar-refractivity contribution in [2.45, 2.75) is 44.7 Å². The van der Waals surface area contributed by atoms with E-state index in [2.05, 4.69) is 20.5 Å². The van der Waals surface area contributed by atoms with Gasteiger partial charge in [-0.15, -0.1) is 0 Å². The average Bonchev–Trinajstić information content (AvgIpc) is 3.30. The van der Waals surface area contributed by atoms with E-state index in [4.69, 9.17) is 4.52 Å². The zero-order chi connectivity index (χ0) is 16.5. The molecule has 0 radical (unpaired) electrons. The second-order valence-electron chi connectivity index (χ2n) is 6.77. The van der Waals surface area contributed by atoms with Crippen LogP contribution in [0.2, 0.25) is 0 Å². The molecule has 1 fully saturated rings. The van der Waals surface area contributed by atoms with E-state index in [0.717, 1.165) is 50.4 Å². The van der Waals surface area contributed by atoms with Crippen LogP contribution in [-0.2, 0) is 26.4 Å². The zero-order valence-corrected chi connectivity index (χ0v) is 14.0. The first-order chi connectivity index (χ1) is 11.7. The summed E-state index contributed by atoms with van der Waals surface area (Å²) in [4.78, 5) is 14.8. The van der Waals surface area contributed by atoms with E-state index in [1.165, 1.54) is 18.4 Å². The smallest absolute Gasteiger partial charge is 0.269 e. The van der Waals surface area contributed by atoms with E-state index in [0.29, 0.717) is 5.69 Å². The maximum absolute atomic E-state index is 12.4. The SMILES string of the molecule is Cn1nccc1C(=O)NC1CCc2onc(CN3CCCC3)c2C1. The van der Waals surface area contributed by atoms with Gasteiger partial charge in [0.1, 0.15) is 17.1 Å². The van der Waals surface area contributed by atoms with Crippen LogP contribution in [0, 0.1) is 0 Å². The second-order valence-corrected chi connectivity index (χ2v) is 6.77. The Morgan fingerprint density at radius 3 is 3.00 bits per heavy atom. The molecule has 1 aliphatic carbocycles. The molecule has 4 rings (SSSR count). The summed E-state index contributed by atoms with van der Waals surface area (Å²) in [6.07, 6.45) is 6.69. The summed E-state index contributed by atoms with van der Waals surface area (Å²) in [7, 11) is 1.78. The van der Waals surface area contributed by atoms with Gasteiger partial charge >= 0.3 is 0 Å². The van der Waals surface area contributed by atoms with Crippen molar-refractivity contribution in [1.29, 1.82) is 0 Å². The maximum atomic E-state index is 12.4. The van der Waals surface area contributed by atoms with Gasteiger partial charge in [-0.2, -0.15) is 5.10 Å². The number of nitrogens with zero attached hydrogens (tertiary/aromatic N) is 4. The highest BCUT2D eigenvalue weighted by atomic mass is 16.5. The van der Waals surface area contributed by atoms with E-state index in [9.17, 15) is 4.79 Å². The van der Waals surface area contributed by atoms with Crippen LogP contribution in [0.4, 0.5) is 0 Å². The third-order valence-corrected chi connectivity index (χ3v) is 5.08. The van der Waals surface area contributed by atoms with Crippen LogP contribution in [0.1, 0.15) is 46.8 Å². The molecule has 1 N–H and O–H groups in total. The van der Waals surface area contributed by atoms with Gasteiger partial charge in [-0.25, -0.2) is 0 Å². The fourth-order valence-corrected chi connectivity index (χ4v) is 3.72. The Kier molecular flexibility index (Phi) is 4.10. The molecule has 2 aromatic rings. The van der Waals surface area contributed by atoms with Crippen molar-refractivity contribution in [3.63, 3.8) is 0 Å². The van der Waals surface area contributed by atoms with Gasteiger partial charge in [0.05, 0.1) is 0 Å². The molecule has 128 valence electrons. The zero-order valence-electron chi connectivity index (χ0n) is 14.0. The van der Waals surface area contributed by atoms with Crippen molar-refractivity contribution in [2.24, 2.45) is 7.05 Å². The van der Waals surface area contributed by atoms with Crippen LogP contribution in [0.15, 0.2) is 16.8 Å². The first-order valence-corrected chi connectivity index (χ1v) is 8.68. The Balaban J connectivity index is 1.44. The first kappa shape index (κ1) is 15.4. The summed E-state index contributed by atoms with van der Waals surface area (Å²) < 4.78 is 7.14. The summed E-state index contributed by atoms with van der Waals surface area (Å²) in [5.41, 5.74) is 2.83. The molecule has 7 nitrogen and oxygen atoms in total. The fraction of sp³-hybridized carbons (Fsp3) is 0.588. The summed E-state index contributed by atoms with van der Waals surface area (Å²) in [5, 5.41) is 11.5. The summed E-state index contributed by atoms with van der Waals surface area (Å²) in [5.74, 6) is 0.927. The molecule has 1 atom stereocenters. The number of nitrogens with one attached hydrogen (secondary N) is 1. The maximum Gasteiger partial charge on any atom is 0.269 e. The third-order valence-electron chi connectivity index (χ3n) is 5.08. The number of amides is 1. The van der Waals surface area contributed by atoms with Crippen LogP contribution in [0.3, 0.4) is 0 Å². The van der Waals surface area contributed by atoms with Crippen molar-refractivity contribution in [2.75, 3.05) is 13.1 Å². The van der Waals surface area contributed by atoms with Gasteiger partial charge in [-0.3, -0.25) is 14.4 Å². The fourth-order valence-electron chi connectivity index (χ4n) is 3.72. The number of likely N-dealkylation sites (tertiary alicyclic amines) is 1. The minimum Gasteiger partial charge on any atom is -0.361 e. The van der Waals surface area contributed by atoms with E-state index in [1.807, 2.05) is 0 Å². The molecule has 7 heteroatoms. The lowest BCUT2D eigenvalue weighted by Gasteiger charge is -2.23. The standard InChI is InChI=1S/C17H23N5O2/c1-21-15(6-7-18-21)17(23)19-12-4-5-16-13(10-12)14(20-24-16)11-22-8-2-3-9-22/h6-7,12H,2-5,8-11H2,1H3,(H,19,23). The Morgan fingerprint density at radius 1 is 1.42 bits per heavy atom. The van der Waals surface area contributed by atoms with Crippen molar-refractivity contribution in [1.82, 2.24) is 25.2 Å². The van der Waals surface area contributed by atoms with E-state index in [1.54, 1.807) is 24.0 Å². The molecule has 0 bridgehead atoms. The van der Waals surface area contributed by atoms with Gasteiger partial charge in [0.25, 0.3) is 5.91 Å². The average molecular weight is 329 g/mol. The number of aryl methyl sites for hydroxylation is 2. The first-order valence-electron chi connectivity index (χ1n) is 8.68. The minimum atomic E-state index is -0.0685. The Morgan fingerprint density at radius 2 is 2.25 bits per heavy atom. The molecule has 1 unspecified atom stereocenters.